The molecule has 7 heteroatoms. The summed E-state index contributed by atoms with van der Waals surface area (Å²) in [4.78, 5) is 0. The molecule has 0 amide bonds. The van der Waals surface area contributed by atoms with Crippen molar-refractivity contribution in [3.63, 3.8) is 0 Å². The van der Waals surface area contributed by atoms with E-state index in [0.29, 0.717) is 18.7 Å². The Balaban J connectivity index is 2.58. The van der Waals surface area contributed by atoms with Crippen molar-refractivity contribution < 1.29 is 12.8 Å². The molecule has 0 bridgehead atoms. The van der Waals surface area contributed by atoms with Gasteiger partial charge in [0.1, 0.15) is 15.7 Å². The summed E-state index contributed by atoms with van der Waals surface area (Å²) in [7, 11) is -2.97. The number of sulfone groups is 1. The van der Waals surface area contributed by atoms with E-state index in [2.05, 4.69) is 5.32 Å². The Morgan fingerprint density at radius 2 is 1.82 bits per heavy atom. The van der Waals surface area contributed by atoms with Crippen LogP contribution in [-0.4, -0.2) is 27.0 Å². The van der Waals surface area contributed by atoms with Crippen molar-refractivity contribution in [2.75, 3.05) is 23.9 Å². The molecule has 0 fully saturated rings. The Kier molecular flexibility index (Phi) is 5.04. The summed E-state index contributed by atoms with van der Waals surface area (Å²) < 4.78 is 34.7. The predicted molar refractivity (Wildman–Crippen MR) is 69.2 cm³/mol. The molecular weight excluding hydrogens is 288 g/mol. The molecule has 0 atom stereocenters. The fraction of sp³-hybridized carbons (Fsp3) is 0.400. The number of anilines is 1. The highest BCUT2D eigenvalue weighted by Crippen LogP contribution is 2.31. The lowest BCUT2D eigenvalue weighted by Crippen LogP contribution is -2.10. The monoisotopic (exact) mass is 299 g/mol. The second-order valence-corrected chi connectivity index (χ2v) is 6.73. The summed E-state index contributed by atoms with van der Waals surface area (Å²) in [6.07, 6.45) is 1.60. The molecule has 0 aromatic heterocycles. The van der Waals surface area contributed by atoms with Crippen LogP contribution < -0.4 is 5.32 Å². The molecule has 0 saturated carbocycles. The summed E-state index contributed by atoms with van der Waals surface area (Å²) in [5.74, 6) is -0.433. The van der Waals surface area contributed by atoms with Gasteiger partial charge in [-0.2, -0.15) is 0 Å². The first-order valence-corrected chi connectivity index (χ1v) is 7.67. The van der Waals surface area contributed by atoms with Crippen LogP contribution in [0, 0.1) is 5.82 Å². The van der Waals surface area contributed by atoms with E-state index in [1.165, 1.54) is 6.26 Å². The second-order valence-electron chi connectivity index (χ2n) is 3.65. The first-order chi connectivity index (χ1) is 7.79. The Labute approximate surface area is 110 Å². The number of halogens is 3. The maximum atomic E-state index is 12.9. The van der Waals surface area contributed by atoms with Crippen LogP contribution in [0.15, 0.2) is 12.1 Å². The number of hydrogen-bond donors (Lipinski definition) is 1. The second kappa shape index (κ2) is 5.89. The van der Waals surface area contributed by atoms with Crippen LogP contribution in [-0.2, 0) is 9.84 Å². The molecule has 0 heterocycles. The van der Waals surface area contributed by atoms with E-state index in [1.54, 1.807) is 0 Å². The van der Waals surface area contributed by atoms with Gasteiger partial charge in [0.15, 0.2) is 0 Å². The van der Waals surface area contributed by atoms with Gasteiger partial charge in [0.05, 0.1) is 21.5 Å². The quantitative estimate of drug-likeness (QED) is 0.850. The van der Waals surface area contributed by atoms with Gasteiger partial charge in [-0.15, -0.1) is 0 Å². The van der Waals surface area contributed by atoms with Gasteiger partial charge < -0.3 is 5.32 Å². The molecule has 0 saturated heterocycles. The van der Waals surface area contributed by atoms with Crippen LogP contribution >= 0.6 is 23.2 Å². The third-order valence-corrected chi connectivity index (χ3v) is 3.63. The van der Waals surface area contributed by atoms with Crippen LogP contribution in [0.25, 0.3) is 0 Å². The maximum Gasteiger partial charge on any atom is 0.147 e. The minimum Gasteiger partial charge on any atom is -0.383 e. The summed E-state index contributed by atoms with van der Waals surface area (Å²) >= 11 is 11.6. The van der Waals surface area contributed by atoms with Crippen molar-refractivity contribution >= 4 is 38.7 Å². The molecule has 1 rings (SSSR count). The van der Waals surface area contributed by atoms with Crippen LogP contribution in [0.3, 0.4) is 0 Å². The topological polar surface area (TPSA) is 46.2 Å². The summed E-state index contributed by atoms with van der Waals surface area (Å²) in [5, 5.41) is 3.24. The fourth-order valence-corrected chi connectivity index (χ4v) is 2.52. The summed E-state index contributed by atoms with van der Waals surface area (Å²) in [5.41, 5.74) is 0.420. The number of benzene rings is 1. The average Bonchev–Trinajstić information content (AvgIpc) is 2.13. The van der Waals surface area contributed by atoms with Crippen LogP contribution in [0.4, 0.5) is 10.1 Å². The predicted octanol–water partition coefficient (Wildman–Crippen LogP) is 2.98. The molecule has 96 valence electrons. The molecular formula is C10H12Cl2FNO2S. The average molecular weight is 300 g/mol. The van der Waals surface area contributed by atoms with E-state index >= 15 is 0 Å². The molecule has 1 aromatic rings. The van der Waals surface area contributed by atoms with Crippen LogP contribution in [0.2, 0.25) is 10.0 Å². The molecule has 3 nitrogen and oxygen atoms in total. The lowest BCUT2D eigenvalue weighted by Gasteiger charge is -2.10. The molecule has 0 aliphatic rings. The van der Waals surface area contributed by atoms with Crippen molar-refractivity contribution in [2.24, 2.45) is 0 Å². The van der Waals surface area contributed by atoms with Crippen molar-refractivity contribution in [2.45, 2.75) is 6.42 Å². The minimum atomic E-state index is -2.97. The molecule has 0 spiro atoms. The van der Waals surface area contributed by atoms with Gasteiger partial charge in [-0.1, -0.05) is 23.2 Å². The molecule has 0 unspecified atom stereocenters. The van der Waals surface area contributed by atoms with Gasteiger partial charge in [-0.25, -0.2) is 12.8 Å². The van der Waals surface area contributed by atoms with E-state index in [9.17, 15) is 12.8 Å². The normalized spacial score (nSPS) is 11.5. The molecule has 1 N–H and O–H groups in total. The van der Waals surface area contributed by atoms with E-state index < -0.39 is 15.7 Å². The van der Waals surface area contributed by atoms with Crippen molar-refractivity contribution in [1.82, 2.24) is 0 Å². The number of nitrogens with one attached hydrogen (secondary N) is 1. The van der Waals surface area contributed by atoms with Gasteiger partial charge in [-0.05, 0) is 18.6 Å². The summed E-state index contributed by atoms with van der Waals surface area (Å²) in [6.45, 7) is 0.401. The first kappa shape index (κ1) is 14.5. The van der Waals surface area contributed by atoms with Gasteiger partial charge in [-0.3, -0.25) is 0 Å². The molecule has 17 heavy (non-hydrogen) atoms. The third kappa shape index (κ3) is 5.10. The van der Waals surface area contributed by atoms with E-state index in [1.807, 2.05) is 0 Å². The smallest absolute Gasteiger partial charge is 0.147 e. The maximum absolute atomic E-state index is 12.9. The fourth-order valence-electron chi connectivity index (χ4n) is 1.26. The Morgan fingerprint density at radius 3 is 2.29 bits per heavy atom. The highest BCUT2D eigenvalue weighted by molar-refractivity contribution is 7.90. The molecule has 1 aromatic carbocycles. The number of rotatable bonds is 5. The zero-order chi connectivity index (χ0) is 13.1. The van der Waals surface area contributed by atoms with Crippen LogP contribution in [0.5, 0.6) is 0 Å². The zero-order valence-electron chi connectivity index (χ0n) is 9.13. The Bertz CT molecular complexity index is 482. The van der Waals surface area contributed by atoms with Gasteiger partial charge in [0, 0.05) is 12.8 Å². The Morgan fingerprint density at radius 1 is 1.29 bits per heavy atom. The molecule has 0 aliphatic heterocycles. The van der Waals surface area contributed by atoms with Crippen molar-refractivity contribution in [1.29, 1.82) is 0 Å². The lowest BCUT2D eigenvalue weighted by atomic mass is 10.3. The van der Waals surface area contributed by atoms with E-state index in [0.717, 1.165) is 12.1 Å². The minimum absolute atomic E-state index is 0.0798. The highest BCUT2D eigenvalue weighted by Gasteiger charge is 2.08. The van der Waals surface area contributed by atoms with Crippen molar-refractivity contribution in [3.8, 4) is 0 Å². The third-order valence-electron chi connectivity index (χ3n) is 2.00. The lowest BCUT2D eigenvalue weighted by molar-refractivity contribution is 0.600. The summed E-state index contributed by atoms with van der Waals surface area (Å²) in [6, 6.07) is 2.29. The van der Waals surface area contributed by atoms with E-state index in [-0.39, 0.29) is 15.8 Å². The largest absolute Gasteiger partial charge is 0.383 e. The number of hydrogen-bond acceptors (Lipinski definition) is 3. The highest BCUT2D eigenvalue weighted by atomic mass is 35.5. The zero-order valence-corrected chi connectivity index (χ0v) is 11.5. The van der Waals surface area contributed by atoms with Gasteiger partial charge in [0.2, 0.25) is 0 Å². The van der Waals surface area contributed by atoms with Crippen molar-refractivity contribution in [3.05, 3.63) is 28.0 Å². The van der Waals surface area contributed by atoms with Gasteiger partial charge in [0.25, 0.3) is 0 Å². The standard InChI is InChI=1S/C10H12Cl2FNO2S/c1-17(15,16)4-2-3-14-10-8(11)5-7(13)6-9(10)12/h5-6,14H,2-4H2,1H3. The Hall–Kier alpha value is -0.520. The van der Waals surface area contributed by atoms with Gasteiger partial charge >= 0.3 is 0 Å². The first-order valence-electron chi connectivity index (χ1n) is 4.86. The molecule has 0 aliphatic carbocycles. The SMILES string of the molecule is CS(=O)(=O)CCCNc1c(Cl)cc(F)cc1Cl. The molecule has 0 radical (unpaired) electrons. The van der Waals surface area contributed by atoms with Crippen LogP contribution in [0.1, 0.15) is 6.42 Å². The van der Waals surface area contributed by atoms with E-state index in [4.69, 9.17) is 23.2 Å².